The van der Waals surface area contributed by atoms with E-state index in [2.05, 4.69) is 54.1 Å². The van der Waals surface area contributed by atoms with Crippen LogP contribution in [-0.4, -0.2) is 124 Å². The molecule has 2 aliphatic heterocycles. The molecule has 1 unspecified atom stereocenters. The number of likely N-dealkylation sites (tertiary alicyclic amines) is 1. The number of carboxylic acids is 1. The number of pyridine rings is 4. The van der Waals surface area contributed by atoms with Crippen LogP contribution in [0.15, 0.2) is 246 Å². The third-order valence-corrected chi connectivity index (χ3v) is 25.9. The number of aromatic nitrogens is 6. The minimum absolute atomic E-state index is 0.00151. The van der Waals surface area contributed by atoms with E-state index in [-0.39, 0.29) is 119 Å². The van der Waals surface area contributed by atoms with Crippen LogP contribution in [0.5, 0.6) is 0 Å². The second kappa shape index (κ2) is 51.2. The Balaban J connectivity index is 0.000000184. The molecule has 29 heteroatoms. The number of halogens is 2. The van der Waals surface area contributed by atoms with Crippen LogP contribution in [0.2, 0.25) is 0 Å². The Morgan fingerprint density at radius 2 is 0.993 bits per heavy atom. The van der Waals surface area contributed by atoms with Gasteiger partial charge in [-0.1, -0.05) is 152 Å². The Labute approximate surface area is 845 Å². The van der Waals surface area contributed by atoms with Gasteiger partial charge in [0.25, 0.3) is 16.7 Å². The van der Waals surface area contributed by atoms with Crippen LogP contribution in [0.25, 0.3) is 44.3 Å². The molecule has 7 aromatic carbocycles. The number of anilines is 1. The minimum Gasteiger partial charge on any atom is -0.481 e. The van der Waals surface area contributed by atoms with Crippen LogP contribution in [0, 0.1) is 88.2 Å². The smallest absolute Gasteiger partial charge is 0.305 e. The van der Waals surface area contributed by atoms with Crippen molar-refractivity contribution in [2.24, 2.45) is 23.7 Å². The predicted octanol–water partition coefficient (Wildman–Crippen LogP) is 19.3. The lowest BCUT2D eigenvalue weighted by Crippen LogP contribution is -2.48. The van der Waals surface area contributed by atoms with Crippen molar-refractivity contribution >= 4 is 69.4 Å². The zero-order valence-electron chi connectivity index (χ0n) is 85.5. The van der Waals surface area contributed by atoms with Gasteiger partial charge in [0.2, 0.25) is 29.5 Å². The van der Waals surface area contributed by atoms with Gasteiger partial charge in [-0.05, 0) is 268 Å². The highest BCUT2D eigenvalue weighted by molar-refractivity contribution is 5.91. The lowest BCUT2D eigenvalue weighted by atomic mass is 9.93. The highest BCUT2D eigenvalue weighted by atomic mass is 19.2. The van der Waals surface area contributed by atoms with Crippen LogP contribution < -0.4 is 42.8 Å². The molecule has 14 rings (SSSR count). The number of carboxylic acid groups (broad SMARTS) is 1. The molecule has 145 heavy (non-hydrogen) atoms. The van der Waals surface area contributed by atoms with E-state index in [0.717, 1.165) is 102 Å². The number of ketones is 3. The van der Waals surface area contributed by atoms with E-state index in [9.17, 15) is 76.7 Å². The molecule has 5 amide bonds. The standard InChI is InChI=1S/C31H33F2N3O3.C31H30N4O3.C27H31N3O4.C27H37N3O4/c1-18-8-11-28(38)36(17-18)30(22-9-10-25(32)26(33)14-22)31(39)35-27(12-21(4)37)23-13-24(16-34-15-23)29-19(2)6-5-7-20(29)3;1-20(2)15-29(35-19-33-27-14-7-6-13-26(27)31(35)38)30(37)34-28(16-21(3)36)23-11-8-10-22(17-23)25-12-5-4-9-24(25)18-32;1-16(2)26(30-10-9-17(3)11-23(30)31)27(34)29-22(13-24(32)33)20-12-21(15-28-14-20)25-18(4)7-6-8-19(25)5;1-18(2)13-25(30-10-9-19(3)14-26(30)32)27(33)28-24(15-21(5)31)22-7-6-8-23(16-22)29-11-12-34-17-20(29)4/h5-7,9-10,13-16,18,27,30H,8,11-12,17H2,1-4H3,(H,35,39);4-14,17,19-20,28-29H,15-16H2,1-3H3,(H,34,37);6-12,14-16,22,26H,13H2,1-5H3,(H,29,34)(H,32,33);6-10,14,16,18,20,24-25H,11-13,15,17H2,1-5H3,(H,28,33)/t18?,27-,30+;28-,29-;22-,26-;20-,24-,25-/m0000/s1. The Kier molecular flexibility index (Phi) is 38.9. The number of nitrogens with zero attached hydrogens (tertiary/aromatic N) is 9. The zero-order chi connectivity index (χ0) is 105. The number of nitrogens with one attached hydrogen (secondary N) is 4. The Morgan fingerprint density at radius 3 is 1.52 bits per heavy atom. The van der Waals surface area contributed by atoms with Gasteiger partial charge in [0.05, 0.1) is 72.7 Å². The largest absolute Gasteiger partial charge is 0.481 e. The maximum atomic E-state index is 14.3. The molecule has 10 atom stereocenters. The zero-order valence-corrected chi connectivity index (χ0v) is 85.5. The first-order valence-electron chi connectivity index (χ1n) is 49.1. The number of nitriles is 1. The van der Waals surface area contributed by atoms with Crippen molar-refractivity contribution in [2.45, 2.75) is 223 Å². The average Bonchev–Trinajstić information content (AvgIpc) is 0.785. The number of para-hydroxylation sites is 1. The van der Waals surface area contributed by atoms with Crippen molar-refractivity contribution < 1.29 is 61.8 Å². The molecular weight excluding hydrogens is 1840 g/mol. The highest BCUT2D eigenvalue weighted by Crippen LogP contribution is 2.37. The number of carbonyl (C=O) groups is 9. The fourth-order valence-electron chi connectivity index (χ4n) is 18.7. The molecule has 2 saturated heterocycles. The molecule has 5 aromatic heterocycles. The summed E-state index contributed by atoms with van der Waals surface area (Å²) in [5.74, 6) is -4.98. The van der Waals surface area contributed by atoms with Gasteiger partial charge in [0.15, 0.2) is 11.6 Å². The van der Waals surface area contributed by atoms with Gasteiger partial charge in [0.1, 0.15) is 41.5 Å². The number of amides is 5. The first-order chi connectivity index (χ1) is 69.1. The van der Waals surface area contributed by atoms with E-state index in [1.165, 1.54) is 57.8 Å². The number of hydrogen-bond donors (Lipinski definition) is 5. The Morgan fingerprint density at radius 1 is 0.503 bits per heavy atom. The molecule has 0 spiro atoms. The minimum atomic E-state index is -1.18. The van der Waals surface area contributed by atoms with Gasteiger partial charge in [-0.15, -0.1) is 0 Å². The molecule has 0 aliphatic carbocycles. The number of Topliss-reactive ketones (excluding diaryl/α,β-unsaturated/α-hetero) is 3. The molecule has 2 aliphatic rings. The van der Waals surface area contributed by atoms with Gasteiger partial charge in [-0.25, -0.2) is 13.8 Å². The monoisotopic (exact) mass is 1970 g/mol. The topological polar surface area (TPSA) is 366 Å². The number of carbonyl (C=O) groups excluding carboxylic acids is 8. The molecule has 12 aromatic rings. The quantitative estimate of drug-likeness (QED) is 0.0250. The van der Waals surface area contributed by atoms with Gasteiger partial charge >= 0.3 is 5.97 Å². The van der Waals surface area contributed by atoms with Crippen molar-refractivity contribution in [2.75, 3.05) is 31.2 Å². The SMILES string of the molecule is CC(=O)C[C@H](NC(=O)[C@@H](c1ccc(F)c(F)c1)N1CC(C)CCC1=O)c1cncc(-c2c(C)cccc2C)c1.CC(=O)C[C@H](NC(=O)[C@H](CC(C)C)n1ccc(C)cc1=O)c1cccc(N2CCOC[C@@H]2C)c1.CC(=O)C[C@H](NC(=O)[C@H](CC(C)C)n1cnc2ccccc2c1=O)c1cccc(-c2ccccc2C#N)c1.Cc1ccn([C@H](C(=O)N[C@@H](CC(=O)O)c2cncc(-c3c(C)cccc3C)c2)C(C)C)c(=O)c1. The fraction of sp³-hybridized carbons (Fsp3) is 0.362. The summed E-state index contributed by atoms with van der Waals surface area (Å²) in [5, 5.41) is 31.5. The van der Waals surface area contributed by atoms with Gasteiger partial charge in [-0.3, -0.25) is 72.1 Å². The summed E-state index contributed by atoms with van der Waals surface area (Å²) < 4.78 is 37.9. The molecule has 0 radical (unpaired) electrons. The molecule has 5 N–H and O–H groups in total. The summed E-state index contributed by atoms with van der Waals surface area (Å²) in [4.78, 5) is 171. The van der Waals surface area contributed by atoms with Crippen molar-refractivity contribution in [3.8, 4) is 39.4 Å². The van der Waals surface area contributed by atoms with Crippen molar-refractivity contribution in [1.29, 1.82) is 5.26 Å². The summed E-state index contributed by atoms with van der Waals surface area (Å²) in [7, 11) is 0. The number of rotatable bonds is 34. The van der Waals surface area contributed by atoms with Crippen LogP contribution in [0.4, 0.5) is 14.5 Å². The van der Waals surface area contributed by atoms with Gasteiger partial charge in [0, 0.05) is 111 Å². The number of hydrogen-bond acceptors (Lipinski definition) is 18. The van der Waals surface area contributed by atoms with E-state index in [4.69, 9.17) is 4.74 Å². The summed E-state index contributed by atoms with van der Waals surface area (Å²) in [6, 6.07) is 51.9. The van der Waals surface area contributed by atoms with E-state index < -0.39 is 77.8 Å². The molecule has 27 nitrogen and oxygen atoms in total. The van der Waals surface area contributed by atoms with E-state index in [1.807, 2.05) is 217 Å². The first kappa shape index (κ1) is 110. The normalized spacial score (nSPS) is 15.1. The van der Waals surface area contributed by atoms with Crippen LogP contribution in [0.3, 0.4) is 0 Å². The average molecular weight is 1970 g/mol. The maximum Gasteiger partial charge on any atom is 0.305 e. The van der Waals surface area contributed by atoms with Crippen molar-refractivity contribution in [1.82, 2.24) is 54.8 Å². The molecule has 758 valence electrons. The lowest BCUT2D eigenvalue weighted by Gasteiger charge is -2.37. The van der Waals surface area contributed by atoms with Crippen LogP contribution >= 0.6 is 0 Å². The number of aliphatic carboxylic acids is 1. The molecule has 7 heterocycles. The van der Waals surface area contributed by atoms with Crippen molar-refractivity contribution in [3.63, 3.8) is 0 Å². The van der Waals surface area contributed by atoms with Gasteiger partial charge in [-0.2, -0.15) is 5.26 Å². The van der Waals surface area contributed by atoms with E-state index >= 15 is 0 Å². The summed E-state index contributed by atoms with van der Waals surface area (Å²) in [5.41, 5.74) is 15.7. The number of benzene rings is 7. The number of morpholine rings is 1. The predicted molar refractivity (Wildman–Crippen MR) is 558 cm³/mol. The highest BCUT2D eigenvalue weighted by Gasteiger charge is 2.39. The third kappa shape index (κ3) is 29.5. The Hall–Kier alpha value is -15.2. The van der Waals surface area contributed by atoms with E-state index in [1.54, 1.807) is 73.6 Å². The molecule has 0 saturated carbocycles. The van der Waals surface area contributed by atoms with Crippen LogP contribution in [-0.2, 0) is 47.9 Å². The first-order valence-corrected chi connectivity index (χ1v) is 49.1. The number of fused-ring (bicyclic) bond motifs is 1. The summed E-state index contributed by atoms with van der Waals surface area (Å²) >= 11 is 0. The summed E-state index contributed by atoms with van der Waals surface area (Å²) in [6.07, 6.45) is 13.2. The molecule has 0 bridgehead atoms. The van der Waals surface area contributed by atoms with Crippen LogP contribution in [0.1, 0.15) is 243 Å². The Bertz CT molecular complexity index is 6900. The molecule has 2 fully saturated rings. The maximum absolute atomic E-state index is 14.3. The van der Waals surface area contributed by atoms with Crippen molar-refractivity contribution in [3.05, 3.63) is 341 Å². The molecular formula is C116H131F2N13O14. The second-order valence-electron chi connectivity index (χ2n) is 39.2. The lowest BCUT2D eigenvalue weighted by molar-refractivity contribution is -0.144. The second-order valence-corrected chi connectivity index (χ2v) is 39.2. The summed E-state index contributed by atoms with van der Waals surface area (Å²) in [6.45, 7) is 34.4. The van der Waals surface area contributed by atoms with E-state index in [0.29, 0.717) is 66.6 Å². The third-order valence-electron chi connectivity index (χ3n) is 25.9. The number of ether oxygens (including phenoxy) is 1. The van der Waals surface area contributed by atoms with Gasteiger partial charge < -0.3 is 50.0 Å². The fourth-order valence-corrected chi connectivity index (χ4v) is 18.7. The number of piperidine rings is 1. The number of aryl methyl sites for hydroxylation is 6.